The Morgan fingerprint density at radius 3 is 2.45 bits per heavy atom. The van der Waals surface area contributed by atoms with Crippen LogP contribution < -0.4 is 10.1 Å². The molecule has 0 bridgehead atoms. The number of thioether (sulfide) groups is 1. The van der Waals surface area contributed by atoms with E-state index in [1.807, 2.05) is 36.4 Å². The standard InChI is InChI=1S/C24H18ClN3O4S/c25-17-11-12-20(19(13-17)23(30)16-7-3-1-4-8-16)26-21(29)15-33-24-28-27-22(32-24)14-31-18-9-5-2-6-10-18/h1-13H,14-15H2,(H,26,29). The van der Waals surface area contributed by atoms with E-state index in [1.165, 1.54) is 6.07 Å². The summed E-state index contributed by atoms with van der Waals surface area (Å²) in [6.45, 7) is 0.125. The van der Waals surface area contributed by atoms with E-state index in [0.717, 1.165) is 11.8 Å². The average molecular weight is 480 g/mol. The molecule has 1 aromatic heterocycles. The number of carbonyl (C=O) groups excluding carboxylic acids is 2. The van der Waals surface area contributed by atoms with Crippen LogP contribution in [0.25, 0.3) is 0 Å². The van der Waals surface area contributed by atoms with Gasteiger partial charge in [0.1, 0.15) is 5.75 Å². The number of para-hydroxylation sites is 1. The number of amides is 1. The number of benzene rings is 3. The quantitative estimate of drug-likeness (QED) is 0.258. The Hall–Kier alpha value is -3.62. The Labute approximate surface area is 199 Å². The number of nitrogens with one attached hydrogen (secondary N) is 1. The second kappa shape index (κ2) is 10.8. The third-order valence-electron chi connectivity index (χ3n) is 4.42. The summed E-state index contributed by atoms with van der Waals surface area (Å²) >= 11 is 7.17. The van der Waals surface area contributed by atoms with E-state index in [9.17, 15) is 9.59 Å². The van der Waals surface area contributed by atoms with Crippen LogP contribution >= 0.6 is 23.4 Å². The smallest absolute Gasteiger partial charge is 0.277 e. The molecule has 4 rings (SSSR count). The molecule has 1 amide bonds. The van der Waals surface area contributed by atoms with Crippen LogP contribution in [-0.2, 0) is 11.4 Å². The van der Waals surface area contributed by atoms with E-state index in [2.05, 4.69) is 15.5 Å². The van der Waals surface area contributed by atoms with E-state index in [-0.39, 0.29) is 29.3 Å². The summed E-state index contributed by atoms with van der Waals surface area (Å²) in [6.07, 6.45) is 0. The van der Waals surface area contributed by atoms with E-state index in [4.69, 9.17) is 20.8 Å². The van der Waals surface area contributed by atoms with E-state index in [0.29, 0.717) is 33.5 Å². The zero-order valence-electron chi connectivity index (χ0n) is 17.2. The van der Waals surface area contributed by atoms with Crippen molar-refractivity contribution in [3.8, 4) is 5.75 Å². The summed E-state index contributed by atoms with van der Waals surface area (Å²) in [6, 6.07) is 22.8. The molecule has 3 aromatic carbocycles. The molecule has 0 aliphatic rings. The minimum absolute atomic E-state index is 0.0166. The average Bonchev–Trinajstić information content (AvgIpc) is 3.31. The molecule has 0 saturated heterocycles. The summed E-state index contributed by atoms with van der Waals surface area (Å²) in [4.78, 5) is 25.4. The second-order valence-corrected chi connectivity index (χ2v) is 8.15. The number of nitrogens with zero attached hydrogens (tertiary/aromatic N) is 2. The predicted molar refractivity (Wildman–Crippen MR) is 126 cm³/mol. The fourth-order valence-electron chi connectivity index (χ4n) is 2.89. The largest absolute Gasteiger partial charge is 0.484 e. The first-order chi connectivity index (χ1) is 16.1. The molecule has 33 heavy (non-hydrogen) atoms. The van der Waals surface area contributed by atoms with Crippen LogP contribution in [-0.4, -0.2) is 27.6 Å². The maximum absolute atomic E-state index is 12.9. The van der Waals surface area contributed by atoms with Gasteiger partial charge in [-0.25, -0.2) is 0 Å². The predicted octanol–water partition coefficient (Wildman–Crippen LogP) is 5.26. The normalized spacial score (nSPS) is 10.6. The topological polar surface area (TPSA) is 94.3 Å². The molecule has 0 unspecified atom stereocenters. The molecule has 0 aliphatic carbocycles. The Morgan fingerprint density at radius 2 is 1.70 bits per heavy atom. The van der Waals surface area contributed by atoms with E-state index >= 15 is 0 Å². The van der Waals surface area contributed by atoms with Crippen molar-refractivity contribution in [2.45, 2.75) is 11.8 Å². The molecule has 0 aliphatic heterocycles. The van der Waals surface area contributed by atoms with Gasteiger partial charge in [0, 0.05) is 16.1 Å². The van der Waals surface area contributed by atoms with Crippen LogP contribution in [0.15, 0.2) is 88.5 Å². The Kier molecular flexibility index (Phi) is 7.39. The molecule has 0 saturated carbocycles. The first-order valence-electron chi connectivity index (χ1n) is 9.90. The highest BCUT2D eigenvalue weighted by atomic mass is 35.5. The summed E-state index contributed by atoms with van der Waals surface area (Å²) in [7, 11) is 0. The number of aromatic nitrogens is 2. The summed E-state index contributed by atoms with van der Waals surface area (Å²) in [5.41, 5.74) is 1.19. The maximum atomic E-state index is 12.9. The van der Waals surface area contributed by atoms with Gasteiger partial charge in [-0.05, 0) is 30.3 Å². The fourth-order valence-corrected chi connectivity index (χ4v) is 3.64. The van der Waals surface area contributed by atoms with Gasteiger partial charge in [0.05, 0.1) is 11.4 Å². The Bertz CT molecular complexity index is 1250. The van der Waals surface area contributed by atoms with Crippen molar-refractivity contribution in [3.63, 3.8) is 0 Å². The maximum Gasteiger partial charge on any atom is 0.277 e. The number of hydrogen-bond donors (Lipinski definition) is 1. The summed E-state index contributed by atoms with van der Waals surface area (Å²) < 4.78 is 11.1. The molecule has 1 N–H and O–H groups in total. The lowest BCUT2D eigenvalue weighted by molar-refractivity contribution is -0.113. The van der Waals surface area contributed by atoms with Gasteiger partial charge in [0.15, 0.2) is 12.4 Å². The number of halogens is 1. The number of anilines is 1. The van der Waals surface area contributed by atoms with Crippen LogP contribution in [0.5, 0.6) is 5.75 Å². The molecule has 7 nitrogen and oxygen atoms in total. The molecule has 0 spiro atoms. The van der Waals surface area contributed by atoms with Crippen LogP contribution in [0.3, 0.4) is 0 Å². The molecule has 0 atom stereocenters. The highest BCUT2D eigenvalue weighted by Crippen LogP contribution is 2.25. The van der Waals surface area contributed by atoms with E-state index < -0.39 is 0 Å². The van der Waals surface area contributed by atoms with Gasteiger partial charge in [-0.2, -0.15) is 0 Å². The lowest BCUT2D eigenvalue weighted by Gasteiger charge is -2.11. The van der Waals surface area contributed by atoms with Crippen molar-refractivity contribution < 1.29 is 18.7 Å². The number of carbonyl (C=O) groups is 2. The molecule has 0 fully saturated rings. The molecule has 166 valence electrons. The van der Waals surface area contributed by atoms with Gasteiger partial charge < -0.3 is 14.5 Å². The van der Waals surface area contributed by atoms with Crippen molar-refractivity contribution >= 4 is 40.7 Å². The molecule has 0 radical (unpaired) electrons. The van der Waals surface area contributed by atoms with Crippen LogP contribution in [0, 0.1) is 0 Å². The lowest BCUT2D eigenvalue weighted by atomic mass is 10.0. The van der Waals surface area contributed by atoms with Gasteiger partial charge in [-0.3, -0.25) is 9.59 Å². The summed E-state index contributed by atoms with van der Waals surface area (Å²) in [5, 5.41) is 11.2. The minimum atomic E-state index is -0.329. The summed E-state index contributed by atoms with van der Waals surface area (Å²) in [5.74, 6) is 0.442. The van der Waals surface area contributed by atoms with Gasteiger partial charge in [-0.1, -0.05) is 71.9 Å². The first kappa shape index (κ1) is 22.6. The van der Waals surface area contributed by atoms with Crippen molar-refractivity contribution in [1.82, 2.24) is 10.2 Å². The van der Waals surface area contributed by atoms with E-state index in [1.54, 1.807) is 36.4 Å². The fraction of sp³-hybridized carbons (Fsp3) is 0.0833. The van der Waals surface area contributed by atoms with Crippen molar-refractivity contribution in [2.24, 2.45) is 0 Å². The number of hydrogen-bond acceptors (Lipinski definition) is 7. The van der Waals surface area contributed by atoms with Crippen molar-refractivity contribution in [1.29, 1.82) is 0 Å². The van der Waals surface area contributed by atoms with Gasteiger partial charge >= 0.3 is 0 Å². The highest BCUT2D eigenvalue weighted by molar-refractivity contribution is 7.99. The van der Waals surface area contributed by atoms with Crippen LogP contribution in [0.4, 0.5) is 5.69 Å². The molecule has 1 heterocycles. The molecule has 4 aromatic rings. The number of ether oxygens (including phenoxy) is 1. The van der Waals surface area contributed by atoms with Crippen molar-refractivity contribution in [3.05, 3.63) is 101 Å². The third-order valence-corrected chi connectivity index (χ3v) is 5.47. The first-order valence-corrected chi connectivity index (χ1v) is 11.3. The zero-order valence-corrected chi connectivity index (χ0v) is 18.8. The van der Waals surface area contributed by atoms with Crippen LogP contribution in [0.1, 0.15) is 21.8 Å². The SMILES string of the molecule is O=C(CSc1nnc(COc2ccccc2)o1)Nc1ccc(Cl)cc1C(=O)c1ccccc1. The Balaban J connectivity index is 1.35. The van der Waals surface area contributed by atoms with Crippen LogP contribution in [0.2, 0.25) is 5.02 Å². The third kappa shape index (κ3) is 6.21. The van der Waals surface area contributed by atoms with Crippen molar-refractivity contribution in [2.75, 3.05) is 11.1 Å². The van der Waals surface area contributed by atoms with Gasteiger partial charge in [0.2, 0.25) is 5.91 Å². The number of rotatable bonds is 9. The van der Waals surface area contributed by atoms with Gasteiger partial charge in [-0.15, -0.1) is 10.2 Å². The molecular formula is C24H18ClN3O4S. The number of ketones is 1. The monoisotopic (exact) mass is 479 g/mol. The minimum Gasteiger partial charge on any atom is -0.484 e. The molecular weight excluding hydrogens is 462 g/mol. The second-order valence-electron chi connectivity index (χ2n) is 6.79. The lowest BCUT2D eigenvalue weighted by Crippen LogP contribution is -2.17. The van der Waals surface area contributed by atoms with Gasteiger partial charge in [0.25, 0.3) is 11.1 Å². The highest BCUT2D eigenvalue weighted by Gasteiger charge is 2.17. The molecule has 9 heteroatoms. The Morgan fingerprint density at radius 1 is 0.970 bits per heavy atom. The zero-order chi connectivity index (χ0) is 23.0.